The number of rotatable bonds is 6. The van der Waals surface area contributed by atoms with E-state index < -0.39 is 11.7 Å². The lowest BCUT2D eigenvalue weighted by Crippen LogP contribution is -2.48. The molecule has 1 amide bonds. The first kappa shape index (κ1) is 23.6. The summed E-state index contributed by atoms with van der Waals surface area (Å²) in [6.45, 7) is 2.46. The van der Waals surface area contributed by atoms with Crippen LogP contribution in [0.1, 0.15) is 21.8 Å². The van der Waals surface area contributed by atoms with E-state index in [9.17, 15) is 18.0 Å². The van der Waals surface area contributed by atoms with Crippen molar-refractivity contribution < 1.29 is 32.0 Å². The maximum atomic E-state index is 13.0. The van der Waals surface area contributed by atoms with Crippen LogP contribution in [-0.2, 0) is 12.7 Å². The molecule has 180 valence electrons. The van der Waals surface area contributed by atoms with Crippen LogP contribution in [0.3, 0.4) is 0 Å². The number of methoxy groups -OCH3 is 2. The molecule has 1 saturated heterocycles. The predicted molar refractivity (Wildman–Crippen MR) is 115 cm³/mol. The molecule has 34 heavy (non-hydrogen) atoms. The third kappa shape index (κ3) is 5.14. The van der Waals surface area contributed by atoms with E-state index in [1.807, 2.05) is 4.90 Å². The molecule has 4 rings (SSSR count). The Morgan fingerprint density at radius 3 is 2.50 bits per heavy atom. The van der Waals surface area contributed by atoms with Crippen molar-refractivity contribution in [1.82, 2.24) is 19.9 Å². The second-order valence-corrected chi connectivity index (χ2v) is 7.72. The lowest BCUT2D eigenvalue weighted by molar-refractivity contribution is -0.137. The maximum Gasteiger partial charge on any atom is 0.416 e. The smallest absolute Gasteiger partial charge is 0.416 e. The number of amides is 1. The molecule has 1 aliphatic rings. The number of halogens is 3. The van der Waals surface area contributed by atoms with Gasteiger partial charge in [-0.05, 0) is 24.3 Å². The Balaban J connectivity index is 1.36. The van der Waals surface area contributed by atoms with Crippen LogP contribution >= 0.6 is 0 Å². The number of nitrogens with zero attached hydrogens (tertiary/aromatic N) is 4. The van der Waals surface area contributed by atoms with Gasteiger partial charge in [0.1, 0.15) is 11.5 Å². The largest absolute Gasteiger partial charge is 0.497 e. The van der Waals surface area contributed by atoms with E-state index in [0.717, 1.165) is 12.1 Å². The zero-order valence-corrected chi connectivity index (χ0v) is 18.6. The van der Waals surface area contributed by atoms with Crippen molar-refractivity contribution in [2.45, 2.75) is 12.7 Å². The summed E-state index contributed by atoms with van der Waals surface area (Å²) in [5, 5.41) is 3.82. The number of carbonyl (C=O) groups is 1. The molecule has 2 aromatic carbocycles. The fourth-order valence-electron chi connectivity index (χ4n) is 3.72. The second-order valence-electron chi connectivity index (χ2n) is 7.72. The quantitative estimate of drug-likeness (QED) is 0.536. The summed E-state index contributed by atoms with van der Waals surface area (Å²) >= 11 is 0. The van der Waals surface area contributed by atoms with Crippen molar-refractivity contribution in [2.75, 3.05) is 40.4 Å². The van der Waals surface area contributed by atoms with Crippen LogP contribution in [0, 0.1) is 0 Å². The zero-order valence-electron chi connectivity index (χ0n) is 18.6. The molecule has 1 aromatic heterocycles. The Hall–Kier alpha value is -3.60. The fraction of sp³-hybridized carbons (Fsp3) is 0.348. The lowest BCUT2D eigenvalue weighted by atomic mass is 10.1. The minimum Gasteiger partial charge on any atom is -0.497 e. The van der Waals surface area contributed by atoms with Gasteiger partial charge >= 0.3 is 6.18 Å². The molecule has 0 aliphatic carbocycles. The van der Waals surface area contributed by atoms with E-state index in [1.165, 1.54) is 19.2 Å². The van der Waals surface area contributed by atoms with Crippen LogP contribution in [0.25, 0.3) is 11.4 Å². The van der Waals surface area contributed by atoms with Gasteiger partial charge in [-0.25, -0.2) is 0 Å². The third-order valence-corrected chi connectivity index (χ3v) is 5.57. The van der Waals surface area contributed by atoms with E-state index in [4.69, 9.17) is 14.0 Å². The van der Waals surface area contributed by atoms with Gasteiger partial charge in [0.15, 0.2) is 0 Å². The molecule has 0 bridgehead atoms. The number of hydrogen-bond acceptors (Lipinski definition) is 7. The van der Waals surface area contributed by atoms with Crippen molar-refractivity contribution >= 4 is 5.91 Å². The Kier molecular flexibility index (Phi) is 6.73. The van der Waals surface area contributed by atoms with E-state index >= 15 is 0 Å². The first-order valence-electron chi connectivity index (χ1n) is 10.5. The standard InChI is InChI=1S/C23H23F3N4O4/c1-32-17-6-7-18(19(13-17)33-2)22(31)30-10-8-29(9-11-30)14-20-27-21(28-34-20)15-4-3-5-16(12-15)23(24,25)26/h3-7,12-13H,8-11,14H2,1-2H3. The highest BCUT2D eigenvalue weighted by Crippen LogP contribution is 2.31. The number of benzene rings is 2. The molecule has 0 spiro atoms. The summed E-state index contributed by atoms with van der Waals surface area (Å²) in [5.41, 5.74) is -0.0845. The molecule has 2 heterocycles. The van der Waals surface area contributed by atoms with Crippen LogP contribution in [0.5, 0.6) is 11.5 Å². The average Bonchev–Trinajstić information content (AvgIpc) is 3.31. The molecular formula is C23H23F3N4O4. The van der Waals surface area contributed by atoms with Crippen LogP contribution in [0.15, 0.2) is 47.0 Å². The SMILES string of the molecule is COc1ccc(C(=O)N2CCN(Cc3nc(-c4cccc(C(F)(F)F)c4)no3)CC2)c(OC)c1. The topological polar surface area (TPSA) is 80.9 Å². The van der Waals surface area contributed by atoms with Crippen LogP contribution in [0.4, 0.5) is 13.2 Å². The maximum absolute atomic E-state index is 13.0. The Morgan fingerprint density at radius 2 is 1.82 bits per heavy atom. The van der Waals surface area contributed by atoms with Gasteiger partial charge in [-0.2, -0.15) is 18.2 Å². The van der Waals surface area contributed by atoms with Gasteiger partial charge in [-0.3, -0.25) is 9.69 Å². The molecule has 0 unspecified atom stereocenters. The van der Waals surface area contributed by atoms with Crippen molar-refractivity contribution in [1.29, 1.82) is 0 Å². The Bertz CT molecular complexity index is 1160. The number of piperazine rings is 1. The highest BCUT2D eigenvalue weighted by molar-refractivity contribution is 5.97. The number of aromatic nitrogens is 2. The van der Waals surface area contributed by atoms with Gasteiger partial charge in [-0.15, -0.1) is 0 Å². The van der Waals surface area contributed by atoms with E-state index in [1.54, 1.807) is 30.2 Å². The van der Waals surface area contributed by atoms with Crippen LogP contribution in [0.2, 0.25) is 0 Å². The highest BCUT2D eigenvalue weighted by Gasteiger charge is 2.31. The van der Waals surface area contributed by atoms with Crippen molar-refractivity contribution in [3.05, 3.63) is 59.5 Å². The minimum atomic E-state index is -4.45. The number of alkyl halides is 3. The minimum absolute atomic E-state index is 0.0986. The fourth-order valence-corrected chi connectivity index (χ4v) is 3.72. The summed E-state index contributed by atoms with van der Waals surface area (Å²) in [6.07, 6.45) is -4.45. The molecule has 0 atom stereocenters. The van der Waals surface area contributed by atoms with Crippen molar-refractivity contribution in [3.8, 4) is 22.9 Å². The summed E-state index contributed by atoms with van der Waals surface area (Å²) < 4.78 is 54.6. The first-order valence-corrected chi connectivity index (χ1v) is 10.5. The molecule has 8 nitrogen and oxygen atoms in total. The molecule has 0 saturated carbocycles. The molecule has 3 aromatic rings. The number of ether oxygens (including phenoxy) is 2. The molecule has 1 aliphatic heterocycles. The normalized spacial score (nSPS) is 14.8. The molecule has 1 fully saturated rings. The van der Waals surface area contributed by atoms with Gasteiger partial charge in [0, 0.05) is 37.8 Å². The van der Waals surface area contributed by atoms with Gasteiger partial charge in [-0.1, -0.05) is 17.3 Å². The average molecular weight is 476 g/mol. The molecule has 0 N–H and O–H groups in total. The van der Waals surface area contributed by atoms with Gasteiger partial charge < -0.3 is 18.9 Å². The summed E-state index contributed by atoms with van der Waals surface area (Å²) in [5.74, 6) is 1.30. The van der Waals surface area contributed by atoms with E-state index in [0.29, 0.717) is 55.7 Å². The molecule has 11 heteroatoms. The third-order valence-electron chi connectivity index (χ3n) is 5.57. The van der Waals surface area contributed by atoms with Crippen molar-refractivity contribution in [3.63, 3.8) is 0 Å². The summed E-state index contributed by atoms with van der Waals surface area (Å²) in [7, 11) is 3.04. The summed E-state index contributed by atoms with van der Waals surface area (Å²) in [6, 6.07) is 9.86. The Morgan fingerprint density at radius 1 is 1.06 bits per heavy atom. The van der Waals surface area contributed by atoms with Gasteiger partial charge in [0.25, 0.3) is 5.91 Å². The monoisotopic (exact) mass is 476 g/mol. The highest BCUT2D eigenvalue weighted by atomic mass is 19.4. The van der Waals surface area contributed by atoms with Gasteiger partial charge in [0.2, 0.25) is 11.7 Å². The lowest BCUT2D eigenvalue weighted by Gasteiger charge is -2.34. The second kappa shape index (κ2) is 9.72. The summed E-state index contributed by atoms with van der Waals surface area (Å²) in [4.78, 5) is 21.0. The predicted octanol–water partition coefficient (Wildman–Crippen LogP) is 3.73. The van der Waals surface area contributed by atoms with Gasteiger partial charge in [0.05, 0.1) is 31.9 Å². The van der Waals surface area contributed by atoms with E-state index in [-0.39, 0.29) is 17.3 Å². The van der Waals surface area contributed by atoms with Crippen molar-refractivity contribution in [2.24, 2.45) is 0 Å². The molecular weight excluding hydrogens is 453 g/mol. The van der Waals surface area contributed by atoms with Crippen LogP contribution in [-0.4, -0.2) is 66.2 Å². The number of carbonyl (C=O) groups excluding carboxylic acids is 1. The molecule has 0 radical (unpaired) electrons. The van der Waals surface area contributed by atoms with Crippen LogP contribution < -0.4 is 9.47 Å². The zero-order chi connectivity index (χ0) is 24.3. The van der Waals surface area contributed by atoms with E-state index in [2.05, 4.69) is 10.1 Å². The first-order chi connectivity index (χ1) is 16.3. The number of hydrogen-bond donors (Lipinski definition) is 0. The Labute approximate surface area is 193 Å².